The fourth-order valence-corrected chi connectivity index (χ4v) is 5.99. The van der Waals surface area contributed by atoms with Crippen LogP contribution in [0.2, 0.25) is 0 Å². The van der Waals surface area contributed by atoms with Gasteiger partial charge in [-0.25, -0.2) is 22.8 Å². The number of halogens is 7. The third kappa shape index (κ3) is 7.47. The van der Waals surface area contributed by atoms with E-state index in [0.717, 1.165) is 41.3 Å². The third-order valence-corrected chi connectivity index (χ3v) is 8.58. The summed E-state index contributed by atoms with van der Waals surface area (Å²) in [7, 11) is -4.05. The molecule has 0 spiro atoms. The Bertz CT molecular complexity index is 2120. The van der Waals surface area contributed by atoms with Gasteiger partial charge in [-0.3, -0.25) is 0 Å². The fraction of sp³-hybridized carbons (Fsp3) is 0.250. The molecule has 2 heterocycles. The van der Waals surface area contributed by atoms with E-state index in [-0.39, 0.29) is 51.1 Å². The Labute approximate surface area is 274 Å². The maximum Gasteiger partial charge on any atom is 0.573 e. The van der Waals surface area contributed by atoms with Gasteiger partial charge in [-0.15, -0.1) is 13.2 Å². The molecule has 1 unspecified atom stereocenters. The van der Waals surface area contributed by atoms with Gasteiger partial charge in [0.2, 0.25) is 5.89 Å². The van der Waals surface area contributed by atoms with E-state index in [2.05, 4.69) is 14.7 Å². The number of aliphatic hydroxyl groups excluding tert-OH is 2. The second-order valence-corrected chi connectivity index (χ2v) is 13.0. The SMILES string of the molecule is Cc1nc(C(F)(F)F)cn1-c1ccc(-c2cc(F)c(CO)c(S(C)(=O)=O)c2)cc1-c1nc(C(C)CO)oc1-c1ccc(OC(F)(F)F)cc1. The van der Waals surface area contributed by atoms with Crippen LogP contribution in [0.3, 0.4) is 0 Å². The minimum Gasteiger partial charge on any atom is -0.440 e. The summed E-state index contributed by atoms with van der Waals surface area (Å²) in [5, 5.41) is 19.5. The number of imidazole rings is 1. The number of aryl methyl sites for hydroxylation is 1. The molecule has 3 aromatic carbocycles. The second kappa shape index (κ2) is 12.9. The highest BCUT2D eigenvalue weighted by molar-refractivity contribution is 7.90. The van der Waals surface area contributed by atoms with Gasteiger partial charge >= 0.3 is 12.5 Å². The summed E-state index contributed by atoms with van der Waals surface area (Å²) in [5.74, 6) is -2.48. The molecule has 1 atom stereocenters. The minimum absolute atomic E-state index is 0.0175. The van der Waals surface area contributed by atoms with Crippen LogP contribution in [0.15, 0.2) is 70.1 Å². The summed E-state index contributed by atoms with van der Waals surface area (Å²) >= 11 is 0. The summed E-state index contributed by atoms with van der Waals surface area (Å²) in [6, 6.07) is 10.7. The summed E-state index contributed by atoms with van der Waals surface area (Å²) in [4.78, 5) is 7.66. The molecule has 0 amide bonds. The normalized spacial score (nSPS) is 13.1. The zero-order valence-electron chi connectivity index (χ0n) is 25.7. The minimum atomic E-state index is -4.97. The molecular weight excluding hydrogens is 687 g/mol. The van der Waals surface area contributed by atoms with Crippen LogP contribution in [0, 0.1) is 12.7 Å². The first-order chi connectivity index (χ1) is 22.8. The summed E-state index contributed by atoms with van der Waals surface area (Å²) in [6.45, 7) is 1.52. The molecule has 0 aliphatic rings. The first-order valence-corrected chi connectivity index (χ1v) is 16.1. The van der Waals surface area contributed by atoms with E-state index in [1.165, 1.54) is 37.3 Å². The lowest BCUT2D eigenvalue weighted by Crippen LogP contribution is -2.16. The number of alkyl halides is 6. The van der Waals surface area contributed by atoms with Gasteiger partial charge in [-0.1, -0.05) is 13.0 Å². The van der Waals surface area contributed by atoms with Crippen molar-refractivity contribution in [1.82, 2.24) is 14.5 Å². The topological polar surface area (TPSA) is 128 Å². The molecule has 0 bridgehead atoms. The summed E-state index contributed by atoms with van der Waals surface area (Å²) < 4.78 is 131. The molecule has 9 nitrogen and oxygen atoms in total. The van der Waals surface area contributed by atoms with Gasteiger partial charge in [0.15, 0.2) is 21.3 Å². The van der Waals surface area contributed by atoms with Gasteiger partial charge in [0, 0.05) is 29.1 Å². The van der Waals surface area contributed by atoms with E-state index >= 15 is 4.39 Å². The molecule has 5 aromatic rings. The molecule has 0 saturated heterocycles. The van der Waals surface area contributed by atoms with Gasteiger partial charge in [0.25, 0.3) is 0 Å². The quantitative estimate of drug-likeness (QED) is 0.153. The van der Waals surface area contributed by atoms with E-state index in [0.29, 0.717) is 0 Å². The largest absolute Gasteiger partial charge is 0.573 e. The van der Waals surface area contributed by atoms with Crippen LogP contribution in [0.4, 0.5) is 30.7 Å². The van der Waals surface area contributed by atoms with Crippen molar-refractivity contribution in [1.29, 1.82) is 0 Å². The van der Waals surface area contributed by atoms with Crippen LogP contribution >= 0.6 is 0 Å². The van der Waals surface area contributed by atoms with Crippen LogP contribution in [0.1, 0.15) is 35.8 Å². The number of benzene rings is 3. The van der Waals surface area contributed by atoms with Crippen molar-refractivity contribution in [3.8, 4) is 45.1 Å². The van der Waals surface area contributed by atoms with Crippen LogP contribution in [0.5, 0.6) is 5.75 Å². The summed E-state index contributed by atoms with van der Waals surface area (Å²) in [5.41, 5.74) is -1.23. The molecule has 49 heavy (non-hydrogen) atoms. The maximum atomic E-state index is 15.1. The lowest BCUT2D eigenvalue weighted by molar-refractivity contribution is -0.274. The number of ether oxygens (including phenoxy) is 1. The van der Waals surface area contributed by atoms with E-state index in [4.69, 9.17) is 4.42 Å². The number of hydrogen-bond donors (Lipinski definition) is 2. The molecule has 0 aliphatic heterocycles. The van der Waals surface area contributed by atoms with Crippen molar-refractivity contribution in [2.75, 3.05) is 12.9 Å². The van der Waals surface area contributed by atoms with E-state index in [1.807, 2.05) is 0 Å². The van der Waals surface area contributed by atoms with Crippen molar-refractivity contribution in [3.63, 3.8) is 0 Å². The molecule has 0 radical (unpaired) electrons. The zero-order valence-corrected chi connectivity index (χ0v) is 26.5. The molecule has 0 fully saturated rings. The number of nitrogens with zero attached hydrogens (tertiary/aromatic N) is 3. The van der Waals surface area contributed by atoms with Crippen LogP contribution < -0.4 is 4.74 Å². The van der Waals surface area contributed by atoms with Gasteiger partial charge in [-0.05, 0) is 66.6 Å². The van der Waals surface area contributed by atoms with Crippen molar-refractivity contribution in [3.05, 3.63) is 89.6 Å². The maximum absolute atomic E-state index is 15.1. The highest BCUT2D eigenvalue weighted by Gasteiger charge is 2.35. The molecular formula is C32H26F7N3O6S. The van der Waals surface area contributed by atoms with Gasteiger partial charge in [0.05, 0.1) is 29.7 Å². The Morgan fingerprint density at radius 1 is 0.939 bits per heavy atom. The average Bonchev–Trinajstić information content (AvgIpc) is 3.63. The average molecular weight is 714 g/mol. The summed E-state index contributed by atoms with van der Waals surface area (Å²) in [6.07, 6.45) is -8.21. The molecule has 2 aromatic heterocycles. The van der Waals surface area contributed by atoms with E-state index < -0.39 is 69.2 Å². The van der Waals surface area contributed by atoms with Crippen LogP contribution in [0.25, 0.3) is 39.4 Å². The van der Waals surface area contributed by atoms with Crippen molar-refractivity contribution in [2.24, 2.45) is 0 Å². The number of oxazole rings is 1. The van der Waals surface area contributed by atoms with Gasteiger partial charge in [0.1, 0.15) is 23.1 Å². The Morgan fingerprint density at radius 2 is 1.59 bits per heavy atom. The zero-order chi connectivity index (χ0) is 36.1. The van der Waals surface area contributed by atoms with Crippen molar-refractivity contribution >= 4 is 9.84 Å². The highest BCUT2D eigenvalue weighted by atomic mass is 32.2. The van der Waals surface area contributed by atoms with Crippen LogP contribution in [-0.4, -0.2) is 52.4 Å². The number of hydrogen-bond acceptors (Lipinski definition) is 8. The Kier molecular flexibility index (Phi) is 9.39. The number of aliphatic hydroxyl groups is 2. The number of aromatic nitrogens is 3. The molecule has 5 rings (SSSR count). The molecule has 2 N–H and O–H groups in total. The molecule has 0 saturated carbocycles. The predicted molar refractivity (Wildman–Crippen MR) is 161 cm³/mol. The Balaban J connectivity index is 1.81. The lowest BCUT2D eigenvalue weighted by atomic mass is 9.97. The standard InChI is InChI=1S/C32H26F7N3O6S/c1-16(14-43)30-41-28(29(47-30)18-4-7-21(8-5-18)48-32(37,38)39)22-10-19(20-11-24(33)23(15-44)26(12-20)49(3,45)46)6-9-25(22)42-13-27(31(34,35)36)40-17(42)2/h4-13,16,43-44H,14-15H2,1-3H3. The smallest absolute Gasteiger partial charge is 0.440 e. The number of rotatable bonds is 9. The van der Waals surface area contributed by atoms with E-state index in [1.54, 1.807) is 6.92 Å². The molecule has 260 valence electrons. The monoisotopic (exact) mass is 713 g/mol. The van der Waals surface area contributed by atoms with E-state index in [9.17, 15) is 45.0 Å². The van der Waals surface area contributed by atoms with Gasteiger partial charge in [-0.2, -0.15) is 13.2 Å². The first-order valence-electron chi connectivity index (χ1n) is 14.2. The van der Waals surface area contributed by atoms with Crippen molar-refractivity contribution < 1.29 is 58.5 Å². The fourth-order valence-electron chi connectivity index (χ4n) is 5.04. The van der Waals surface area contributed by atoms with Gasteiger partial charge < -0.3 is 23.9 Å². The molecule has 17 heteroatoms. The second-order valence-electron chi connectivity index (χ2n) is 11.0. The Hall–Kier alpha value is -4.74. The highest BCUT2D eigenvalue weighted by Crippen LogP contribution is 2.41. The third-order valence-electron chi connectivity index (χ3n) is 7.42. The number of sulfone groups is 1. The first kappa shape index (κ1) is 35.6. The lowest BCUT2D eigenvalue weighted by Gasteiger charge is -2.15. The predicted octanol–water partition coefficient (Wildman–Crippen LogP) is 7.22. The van der Waals surface area contributed by atoms with Crippen molar-refractivity contribution in [2.45, 2.75) is 43.8 Å². The Morgan fingerprint density at radius 3 is 2.14 bits per heavy atom. The molecule has 0 aliphatic carbocycles. The van der Waals surface area contributed by atoms with Crippen LogP contribution in [-0.2, 0) is 22.6 Å².